The molecule has 0 amide bonds. The standard InChI is InChI=1S/C25H28F3N3O.C20H20F3N3O2/c1-4-17-11-21(29-8-7-25(26,27)28)24-30-13-22(31(24)14-17)18-5-6-20(16(3)10-18)23(32)12-19-9-15(19)2;1-3-13-9-16(24-7-6-20(21,22)23)18-25-10-17(26(18)11-13)14-4-5-15(19(27)28)12(2)8-14/h5-6,10-11,13-15,19,29H,4,7-9,12H2,1-3H3;4-5,8-11,24H,3,6-7H2,1-2H3,(H,27,28)/t15-,19+;/m0./s1. The minimum absolute atomic E-state index is 0.186. The number of aromatic nitrogens is 4. The van der Waals surface area contributed by atoms with E-state index in [-0.39, 0.29) is 24.4 Å². The molecule has 1 aliphatic rings. The Hall–Kier alpha value is -5.86. The number of imidazole rings is 2. The number of nitrogens with zero attached hydrogens (tertiary/aromatic N) is 4. The van der Waals surface area contributed by atoms with Crippen LogP contribution in [-0.2, 0) is 12.8 Å². The SMILES string of the molecule is CCc1cc(NCCC(F)(F)F)c2ncc(-c3ccc(C(=O)C[C@H]4C[C@@H]4C)c(C)c3)n2c1.CCc1cc(NCCC(F)(F)F)c2ncc(-c3ccc(C(=O)O)c(C)c3)n2c1. The number of hydrogen-bond donors (Lipinski definition) is 3. The lowest BCUT2D eigenvalue weighted by Gasteiger charge is -2.13. The Morgan fingerprint density at radius 2 is 1.17 bits per heavy atom. The first-order chi connectivity index (χ1) is 28.3. The number of alkyl halides is 6. The number of aromatic carboxylic acids is 1. The molecule has 4 heterocycles. The van der Waals surface area contributed by atoms with Gasteiger partial charge in [-0.05, 0) is 97.5 Å². The average molecular weight is 835 g/mol. The van der Waals surface area contributed by atoms with Crippen molar-refractivity contribution in [3.63, 3.8) is 0 Å². The summed E-state index contributed by atoms with van der Waals surface area (Å²) in [6.45, 7) is 9.36. The zero-order valence-corrected chi connectivity index (χ0v) is 34.1. The zero-order valence-electron chi connectivity index (χ0n) is 34.1. The molecule has 1 fully saturated rings. The minimum atomic E-state index is -4.23. The molecule has 0 spiro atoms. The Morgan fingerprint density at radius 3 is 1.53 bits per heavy atom. The van der Waals surface area contributed by atoms with E-state index in [2.05, 4.69) is 27.5 Å². The fraction of sp³-hybridized carbons (Fsp3) is 0.378. The molecule has 0 bridgehead atoms. The van der Waals surface area contributed by atoms with Gasteiger partial charge in [-0.15, -0.1) is 0 Å². The molecule has 0 saturated heterocycles. The number of carboxylic acids is 1. The van der Waals surface area contributed by atoms with Crippen LogP contribution in [0, 0.1) is 25.7 Å². The van der Waals surface area contributed by atoms with E-state index in [1.807, 2.05) is 66.2 Å². The summed E-state index contributed by atoms with van der Waals surface area (Å²) in [4.78, 5) is 32.7. The molecule has 4 aromatic heterocycles. The number of halogens is 6. The number of pyridine rings is 2. The Kier molecular flexibility index (Phi) is 13.0. The quantitative estimate of drug-likeness (QED) is 0.0740. The smallest absolute Gasteiger partial charge is 0.390 e. The molecule has 2 aromatic carbocycles. The normalized spacial score (nSPS) is 15.2. The van der Waals surface area contributed by atoms with E-state index < -0.39 is 31.2 Å². The highest BCUT2D eigenvalue weighted by Crippen LogP contribution is 2.41. The number of carboxylic acid groups (broad SMARTS) is 1. The number of nitrogens with one attached hydrogen (secondary N) is 2. The summed E-state index contributed by atoms with van der Waals surface area (Å²) in [7, 11) is 0. The van der Waals surface area contributed by atoms with Crippen LogP contribution < -0.4 is 10.6 Å². The van der Waals surface area contributed by atoms with Gasteiger partial charge < -0.3 is 15.7 Å². The number of carbonyl (C=O) groups is 2. The summed E-state index contributed by atoms with van der Waals surface area (Å²) in [6, 6.07) is 14.5. The number of rotatable bonds is 14. The molecule has 9 nitrogen and oxygen atoms in total. The third kappa shape index (κ3) is 10.5. The van der Waals surface area contributed by atoms with Crippen LogP contribution in [0.2, 0.25) is 0 Å². The average Bonchev–Trinajstić information content (AvgIpc) is 3.50. The minimum Gasteiger partial charge on any atom is -0.478 e. The highest BCUT2D eigenvalue weighted by Gasteiger charge is 2.34. The highest BCUT2D eigenvalue weighted by molar-refractivity contribution is 5.98. The third-order valence-corrected chi connectivity index (χ3v) is 10.9. The molecular formula is C45H48F6N6O3. The number of Topliss-reactive ketones (excluding diaryl/α,β-unsaturated/α-hetero) is 1. The molecule has 0 radical (unpaired) electrons. The Balaban J connectivity index is 0.000000203. The van der Waals surface area contributed by atoms with Crippen LogP contribution in [0.3, 0.4) is 0 Å². The van der Waals surface area contributed by atoms with Crippen molar-refractivity contribution in [3.05, 3.63) is 107 Å². The van der Waals surface area contributed by atoms with Crippen molar-refractivity contribution in [2.45, 2.75) is 85.5 Å². The van der Waals surface area contributed by atoms with E-state index in [1.165, 1.54) is 0 Å². The third-order valence-electron chi connectivity index (χ3n) is 10.9. The van der Waals surface area contributed by atoms with E-state index in [0.717, 1.165) is 57.6 Å². The van der Waals surface area contributed by atoms with Crippen molar-refractivity contribution in [2.24, 2.45) is 11.8 Å². The lowest BCUT2D eigenvalue weighted by molar-refractivity contribution is -0.132. The molecular weight excluding hydrogens is 787 g/mol. The molecule has 1 aliphatic carbocycles. The van der Waals surface area contributed by atoms with E-state index in [9.17, 15) is 41.0 Å². The van der Waals surface area contributed by atoms with Gasteiger partial charge in [0.25, 0.3) is 0 Å². The Morgan fingerprint density at radius 1 is 0.733 bits per heavy atom. The van der Waals surface area contributed by atoms with Gasteiger partial charge in [-0.1, -0.05) is 39.0 Å². The topological polar surface area (TPSA) is 113 Å². The van der Waals surface area contributed by atoms with Gasteiger partial charge in [0.05, 0.1) is 53.6 Å². The van der Waals surface area contributed by atoms with Gasteiger partial charge >= 0.3 is 18.3 Å². The van der Waals surface area contributed by atoms with Gasteiger partial charge in [-0.3, -0.25) is 13.6 Å². The summed E-state index contributed by atoms with van der Waals surface area (Å²) < 4.78 is 78.9. The number of fused-ring (bicyclic) bond motifs is 2. The molecule has 7 rings (SSSR count). The molecule has 1 saturated carbocycles. The lowest BCUT2D eigenvalue weighted by atomic mass is 9.97. The molecule has 0 aliphatic heterocycles. The van der Waals surface area contributed by atoms with Gasteiger partial charge in [0.1, 0.15) is 0 Å². The van der Waals surface area contributed by atoms with E-state index in [1.54, 1.807) is 43.6 Å². The van der Waals surface area contributed by atoms with Crippen LogP contribution in [0.5, 0.6) is 0 Å². The molecule has 60 heavy (non-hydrogen) atoms. The van der Waals surface area contributed by atoms with Crippen molar-refractivity contribution >= 4 is 34.4 Å². The monoisotopic (exact) mass is 834 g/mol. The van der Waals surface area contributed by atoms with Crippen LogP contribution in [0.4, 0.5) is 37.7 Å². The maximum atomic E-state index is 12.7. The second kappa shape index (κ2) is 17.8. The molecule has 0 unspecified atom stereocenters. The molecule has 318 valence electrons. The first-order valence-electron chi connectivity index (χ1n) is 20.0. The fourth-order valence-electron chi connectivity index (χ4n) is 7.27. The van der Waals surface area contributed by atoms with Crippen LogP contribution >= 0.6 is 0 Å². The largest absolute Gasteiger partial charge is 0.478 e. The number of aryl methyl sites for hydroxylation is 4. The summed E-state index contributed by atoms with van der Waals surface area (Å²) in [5.74, 6) is 0.344. The highest BCUT2D eigenvalue weighted by atomic mass is 19.4. The molecule has 3 N–H and O–H groups in total. The molecule has 2 atom stereocenters. The summed E-state index contributed by atoms with van der Waals surface area (Å²) in [5, 5.41) is 14.9. The summed E-state index contributed by atoms with van der Waals surface area (Å²) >= 11 is 0. The molecule has 6 aromatic rings. The van der Waals surface area contributed by atoms with Crippen LogP contribution in [0.25, 0.3) is 33.8 Å². The summed E-state index contributed by atoms with van der Waals surface area (Å²) in [6.07, 6.45) is 0.138. The maximum absolute atomic E-state index is 12.7. The predicted octanol–water partition coefficient (Wildman–Crippen LogP) is 11.4. The van der Waals surface area contributed by atoms with Crippen LogP contribution in [0.15, 0.2) is 73.3 Å². The number of ketones is 1. The second-order valence-corrected chi connectivity index (χ2v) is 15.5. The Bertz CT molecular complexity index is 2520. The van der Waals surface area contributed by atoms with Gasteiger partial charge in [0.2, 0.25) is 0 Å². The zero-order chi connectivity index (χ0) is 43.5. The van der Waals surface area contributed by atoms with Crippen molar-refractivity contribution in [2.75, 3.05) is 23.7 Å². The van der Waals surface area contributed by atoms with E-state index in [0.29, 0.717) is 52.9 Å². The number of benzene rings is 2. The van der Waals surface area contributed by atoms with Gasteiger partial charge in [0, 0.05) is 48.6 Å². The van der Waals surface area contributed by atoms with Gasteiger partial charge in [-0.25, -0.2) is 14.8 Å². The number of anilines is 2. The first-order valence-corrected chi connectivity index (χ1v) is 20.0. The fourth-order valence-corrected chi connectivity index (χ4v) is 7.27. The predicted molar refractivity (Wildman–Crippen MR) is 221 cm³/mol. The van der Waals surface area contributed by atoms with Crippen LogP contribution in [-0.4, -0.2) is 61.1 Å². The Labute approximate surface area is 343 Å². The van der Waals surface area contributed by atoms with E-state index >= 15 is 0 Å². The van der Waals surface area contributed by atoms with Crippen molar-refractivity contribution < 1.29 is 41.0 Å². The van der Waals surface area contributed by atoms with Gasteiger partial charge in [0.15, 0.2) is 17.1 Å². The van der Waals surface area contributed by atoms with Crippen molar-refractivity contribution in [1.29, 1.82) is 0 Å². The van der Waals surface area contributed by atoms with Crippen molar-refractivity contribution in [1.82, 2.24) is 18.8 Å². The number of carbonyl (C=O) groups excluding carboxylic acids is 1. The van der Waals surface area contributed by atoms with Crippen LogP contribution in [0.1, 0.15) is 89.4 Å². The summed E-state index contributed by atoms with van der Waals surface area (Å²) in [5.41, 5.74) is 9.97. The molecule has 15 heteroatoms. The van der Waals surface area contributed by atoms with Gasteiger partial charge in [-0.2, -0.15) is 26.3 Å². The second-order valence-electron chi connectivity index (χ2n) is 15.5. The van der Waals surface area contributed by atoms with E-state index in [4.69, 9.17) is 0 Å². The lowest BCUT2D eigenvalue weighted by Crippen LogP contribution is -2.15. The maximum Gasteiger partial charge on any atom is 0.390 e. The van der Waals surface area contributed by atoms with Crippen molar-refractivity contribution in [3.8, 4) is 22.5 Å². The number of hydrogen-bond acceptors (Lipinski definition) is 6. The first kappa shape index (κ1) is 43.7.